The van der Waals surface area contributed by atoms with E-state index in [-0.39, 0.29) is 17.3 Å². The largest absolute Gasteiger partial charge is 0.468 e. The number of sulfonamides is 1. The lowest BCUT2D eigenvalue weighted by Gasteiger charge is -2.11. The van der Waals surface area contributed by atoms with Crippen molar-refractivity contribution in [3.8, 4) is 5.69 Å². The molecule has 2 heterocycles. The first-order valence-electron chi connectivity index (χ1n) is 10.0. The van der Waals surface area contributed by atoms with E-state index in [0.717, 1.165) is 17.1 Å². The zero-order valence-corrected chi connectivity index (χ0v) is 18.5. The summed E-state index contributed by atoms with van der Waals surface area (Å²) in [6.07, 6.45) is 1.48. The van der Waals surface area contributed by atoms with Gasteiger partial charge >= 0.3 is 0 Å². The molecule has 32 heavy (non-hydrogen) atoms. The Hall–Kier alpha value is -3.62. The zero-order chi connectivity index (χ0) is 22.7. The first-order valence-corrected chi connectivity index (χ1v) is 11.5. The number of benzene rings is 2. The van der Waals surface area contributed by atoms with E-state index in [1.54, 1.807) is 24.3 Å². The highest BCUT2D eigenvalue weighted by molar-refractivity contribution is 7.89. The maximum Gasteiger partial charge on any atom is 0.257 e. The fourth-order valence-corrected chi connectivity index (χ4v) is 4.61. The van der Waals surface area contributed by atoms with Crippen molar-refractivity contribution in [2.45, 2.75) is 25.3 Å². The van der Waals surface area contributed by atoms with Gasteiger partial charge in [0.15, 0.2) is 0 Å². The summed E-state index contributed by atoms with van der Waals surface area (Å²) in [5.74, 6) is 0.199. The van der Waals surface area contributed by atoms with Gasteiger partial charge in [-0.2, -0.15) is 0 Å². The Morgan fingerprint density at radius 1 is 0.969 bits per heavy atom. The lowest BCUT2D eigenvalue weighted by molar-refractivity contribution is 0.102. The molecule has 2 aromatic carbocycles. The summed E-state index contributed by atoms with van der Waals surface area (Å²) >= 11 is 0. The molecule has 0 bridgehead atoms. The molecule has 0 aliphatic carbocycles. The van der Waals surface area contributed by atoms with Gasteiger partial charge in [0.2, 0.25) is 10.0 Å². The number of hydrogen-bond acceptors (Lipinski definition) is 4. The first-order chi connectivity index (χ1) is 15.3. The molecule has 1 amide bonds. The number of carbonyl (C=O) groups is 1. The summed E-state index contributed by atoms with van der Waals surface area (Å²) in [5.41, 5.74) is 3.61. The van der Waals surface area contributed by atoms with Gasteiger partial charge in [-0.1, -0.05) is 24.3 Å². The van der Waals surface area contributed by atoms with E-state index in [4.69, 9.17) is 4.42 Å². The third-order valence-corrected chi connectivity index (χ3v) is 6.51. The molecule has 0 saturated carbocycles. The Bertz CT molecular complexity index is 1340. The van der Waals surface area contributed by atoms with Crippen LogP contribution in [0.15, 0.2) is 88.4 Å². The van der Waals surface area contributed by atoms with Crippen LogP contribution in [0.3, 0.4) is 0 Å². The fourth-order valence-electron chi connectivity index (χ4n) is 3.57. The highest BCUT2D eigenvalue weighted by atomic mass is 32.2. The van der Waals surface area contributed by atoms with Crippen molar-refractivity contribution >= 4 is 21.6 Å². The highest BCUT2D eigenvalue weighted by Crippen LogP contribution is 2.23. The lowest BCUT2D eigenvalue weighted by atomic mass is 10.2. The van der Waals surface area contributed by atoms with E-state index < -0.39 is 10.0 Å². The van der Waals surface area contributed by atoms with Gasteiger partial charge in [-0.15, -0.1) is 0 Å². The van der Waals surface area contributed by atoms with Gasteiger partial charge < -0.3 is 14.3 Å². The van der Waals surface area contributed by atoms with Gasteiger partial charge in [-0.05, 0) is 62.4 Å². The van der Waals surface area contributed by atoms with Crippen LogP contribution in [0, 0.1) is 13.8 Å². The standard InChI is InChI=1S/C24H23N3O4S/c1-17-14-23(18(2)27(17)20-9-4-3-5-10-20)24(28)26-19-8-6-12-22(15-19)32(29,30)25-16-21-11-7-13-31-21/h3-15,25H,16H2,1-2H3,(H,26,28). The Balaban J connectivity index is 1.53. The van der Waals surface area contributed by atoms with Crippen molar-refractivity contribution in [3.63, 3.8) is 0 Å². The molecule has 4 aromatic rings. The van der Waals surface area contributed by atoms with Crippen molar-refractivity contribution in [2.24, 2.45) is 0 Å². The smallest absolute Gasteiger partial charge is 0.257 e. The second-order valence-electron chi connectivity index (χ2n) is 7.34. The van der Waals surface area contributed by atoms with Crippen LogP contribution in [-0.2, 0) is 16.6 Å². The minimum absolute atomic E-state index is 0.0391. The maximum absolute atomic E-state index is 13.0. The Morgan fingerprint density at radius 2 is 1.75 bits per heavy atom. The molecule has 2 N–H and O–H groups in total. The van der Waals surface area contributed by atoms with Crippen LogP contribution in [0.5, 0.6) is 0 Å². The minimum atomic E-state index is -3.77. The van der Waals surface area contributed by atoms with Gasteiger partial charge in [-0.25, -0.2) is 13.1 Å². The van der Waals surface area contributed by atoms with E-state index in [2.05, 4.69) is 10.0 Å². The van der Waals surface area contributed by atoms with Gasteiger partial charge in [-0.3, -0.25) is 4.79 Å². The number of para-hydroxylation sites is 1. The van der Waals surface area contributed by atoms with Crippen molar-refractivity contribution < 1.29 is 17.6 Å². The molecule has 0 saturated heterocycles. The highest BCUT2D eigenvalue weighted by Gasteiger charge is 2.19. The number of hydrogen-bond donors (Lipinski definition) is 2. The molecule has 0 spiro atoms. The molecule has 4 rings (SSSR count). The van der Waals surface area contributed by atoms with E-state index in [9.17, 15) is 13.2 Å². The lowest BCUT2D eigenvalue weighted by Crippen LogP contribution is -2.23. The van der Waals surface area contributed by atoms with Crippen LogP contribution in [0.4, 0.5) is 5.69 Å². The van der Waals surface area contributed by atoms with Crippen LogP contribution < -0.4 is 10.0 Å². The SMILES string of the molecule is Cc1cc(C(=O)Nc2cccc(S(=O)(=O)NCc3ccco3)c2)c(C)n1-c1ccccc1. The summed E-state index contributed by atoms with van der Waals surface area (Å²) in [4.78, 5) is 13.0. The molecule has 0 fully saturated rings. The van der Waals surface area contributed by atoms with Crippen LogP contribution in [-0.4, -0.2) is 18.9 Å². The monoisotopic (exact) mass is 449 g/mol. The molecule has 8 heteroatoms. The predicted molar refractivity (Wildman–Crippen MR) is 122 cm³/mol. The summed E-state index contributed by atoms with van der Waals surface area (Å²) in [6, 6.07) is 21.1. The molecule has 7 nitrogen and oxygen atoms in total. The van der Waals surface area contributed by atoms with Crippen LogP contribution in [0.1, 0.15) is 27.5 Å². The average molecular weight is 450 g/mol. The van der Waals surface area contributed by atoms with Gasteiger partial charge in [0, 0.05) is 22.8 Å². The number of furan rings is 1. The van der Waals surface area contributed by atoms with Crippen molar-refractivity contribution in [1.29, 1.82) is 0 Å². The van der Waals surface area contributed by atoms with E-state index in [1.807, 2.05) is 54.8 Å². The van der Waals surface area contributed by atoms with Crippen LogP contribution in [0.25, 0.3) is 5.69 Å². The first kappa shape index (κ1) is 21.6. The number of nitrogens with one attached hydrogen (secondary N) is 2. The second kappa shape index (κ2) is 8.86. The molecule has 0 atom stereocenters. The molecule has 0 unspecified atom stereocenters. The zero-order valence-electron chi connectivity index (χ0n) is 17.7. The summed E-state index contributed by atoms with van der Waals surface area (Å²) in [6.45, 7) is 3.86. The number of aromatic nitrogens is 1. The molecule has 0 radical (unpaired) electrons. The number of nitrogens with zero attached hydrogens (tertiary/aromatic N) is 1. The third kappa shape index (κ3) is 4.51. The predicted octanol–water partition coefficient (Wildman–Crippen LogP) is 4.42. The van der Waals surface area contributed by atoms with Gasteiger partial charge in [0.1, 0.15) is 5.76 Å². The molecule has 0 aliphatic heterocycles. The van der Waals surface area contributed by atoms with Crippen LogP contribution >= 0.6 is 0 Å². The number of aryl methyl sites for hydroxylation is 1. The quantitative estimate of drug-likeness (QED) is 0.437. The number of anilines is 1. The number of rotatable bonds is 7. The fraction of sp³-hybridized carbons (Fsp3) is 0.125. The van der Waals surface area contributed by atoms with Crippen LogP contribution in [0.2, 0.25) is 0 Å². The topological polar surface area (TPSA) is 93.3 Å². The number of amides is 1. The van der Waals surface area contributed by atoms with Crippen molar-refractivity contribution in [2.75, 3.05) is 5.32 Å². The summed E-state index contributed by atoms with van der Waals surface area (Å²) in [7, 11) is -3.77. The van der Waals surface area contributed by atoms with E-state index in [1.165, 1.54) is 18.4 Å². The third-order valence-electron chi connectivity index (χ3n) is 5.11. The molecular weight excluding hydrogens is 426 g/mol. The molecular formula is C24H23N3O4S. The van der Waals surface area contributed by atoms with Gasteiger partial charge in [0.25, 0.3) is 5.91 Å². The Morgan fingerprint density at radius 3 is 2.47 bits per heavy atom. The second-order valence-corrected chi connectivity index (χ2v) is 9.11. The Labute approximate surface area is 186 Å². The minimum Gasteiger partial charge on any atom is -0.468 e. The van der Waals surface area contributed by atoms with Crippen molar-refractivity contribution in [3.05, 3.63) is 102 Å². The Kier molecular flexibility index (Phi) is 5.98. The molecule has 164 valence electrons. The van der Waals surface area contributed by atoms with E-state index >= 15 is 0 Å². The average Bonchev–Trinajstić information content (AvgIpc) is 3.41. The van der Waals surface area contributed by atoms with Crippen molar-refractivity contribution in [1.82, 2.24) is 9.29 Å². The molecule has 2 aromatic heterocycles. The maximum atomic E-state index is 13.0. The summed E-state index contributed by atoms with van der Waals surface area (Å²) in [5, 5.41) is 2.81. The van der Waals surface area contributed by atoms with Gasteiger partial charge in [0.05, 0.1) is 23.3 Å². The van der Waals surface area contributed by atoms with E-state index in [0.29, 0.717) is 17.0 Å². The summed E-state index contributed by atoms with van der Waals surface area (Å²) < 4.78 is 34.9. The molecule has 0 aliphatic rings. The normalized spacial score (nSPS) is 11.4. The number of carbonyl (C=O) groups excluding carboxylic acids is 1.